The second-order valence-electron chi connectivity index (χ2n) is 6.79. The molecule has 1 atom stereocenters. The van der Waals surface area contributed by atoms with Crippen LogP contribution < -0.4 is 5.32 Å². The van der Waals surface area contributed by atoms with Crippen molar-refractivity contribution >= 4 is 17.8 Å². The smallest absolute Gasteiger partial charge is 0.325 e. The first kappa shape index (κ1) is 16.2. The Labute approximate surface area is 136 Å². The van der Waals surface area contributed by atoms with Gasteiger partial charge in [0.15, 0.2) is 0 Å². The van der Waals surface area contributed by atoms with E-state index in [1.54, 1.807) is 4.90 Å². The van der Waals surface area contributed by atoms with Gasteiger partial charge in [-0.15, -0.1) is 0 Å². The van der Waals surface area contributed by atoms with Crippen molar-refractivity contribution < 1.29 is 19.1 Å². The van der Waals surface area contributed by atoms with E-state index in [9.17, 15) is 14.4 Å². The zero-order valence-corrected chi connectivity index (χ0v) is 13.7. The molecule has 1 N–H and O–H groups in total. The van der Waals surface area contributed by atoms with Crippen LogP contribution in [0, 0.1) is 0 Å². The highest BCUT2D eigenvalue weighted by molar-refractivity contribution is 6.07. The molecule has 0 aromatic heterocycles. The highest BCUT2D eigenvalue weighted by Crippen LogP contribution is 2.33. The van der Waals surface area contributed by atoms with Gasteiger partial charge in [-0.05, 0) is 19.8 Å². The Morgan fingerprint density at radius 1 is 1.30 bits per heavy atom. The molecule has 1 aliphatic carbocycles. The summed E-state index contributed by atoms with van der Waals surface area (Å²) in [4.78, 5) is 40.2. The molecule has 0 aromatic rings. The Kier molecular flexibility index (Phi) is 4.57. The molecule has 0 aromatic carbocycles. The van der Waals surface area contributed by atoms with Crippen molar-refractivity contribution in [3.05, 3.63) is 0 Å². The van der Waals surface area contributed by atoms with Crippen molar-refractivity contribution in [2.24, 2.45) is 0 Å². The van der Waals surface area contributed by atoms with E-state index in [2.05, 4.69) is 5.32 Å². The quantitative estimate of drug-likeness (QED) is 0.782. The van der Waals surface area contributed by atoms with Crippen LogP contribution in [0.4, 0.5) is 4.79 Å². The molecule has 2 saturated heterocycles. The van der Waals surface area contributed by atoms with Gasteiger partial charge in [0.05, 0.1) is 19.3 Å². The molecule has 1 spiro atoms. The normalized spacial score (nSPS) is 27.4. The number of hydrogen-bond acceptors (Lipinski definition) is 4. The lowest BCUT2D eigenvalue weighted by Gasteiger charge is -2.33. The monoisotopic (exact) mass is 323 g/mol. The number of rotatable bonds is 3. The number of imide groups is 1. The molecule has 1 saturated carbocycles. The van der Waals surface area contributed by atoms with E-state index < -0.39 is 5.54 Å². The van der Waals surface area contributed by atoms with Crippen LogP contribution in [0.1, 0.15) is 45.4 Å². The van der Waals surface area contributed by atoms with Gasteiger partial charge < -0.3 is 15.0 Å². The topological polar surface area (TPSA) is 79.0 Å². The minimum atomic E-state index is -0.704. The summed E-state index contributed by atoms with van der Waals surface area (Å²) < 4.78 is 5.33. The number of carbonyl (C=O) groups excluding carboxylic acids is 3. The summed E-state index contributed by atoms with van der Waals surface area (Å²) in [6, 6.07) is -0.302. The van der Waals surface area contributed by atoms with Gasteiger partial charge in [0, 0.05) is 19.5 Å². The van der Waals surface area contributed by atoms with Gasteiger partial charge in [-0.25, -0.2) is 4.79 Å². The highest BCUT2D eigenvalue weighted by Gasteiger charge is 2.51. The molecule has 3 rings (SSSR count). The summed E-state index contributed by atoms with van der Waals surface area (Å²) in [5.74, 6) is -0.170. The number of hydrogen-bond donors (Lipinski definition) is 1. The molecular weight excluding hydrogens is 298 g/mol. The summed E-state index contributed by atoms with van der Waals surface area (Å²) in [7, 11) is 0. The number of carbonyl (C=O) groups is 3. The van der Waals surface area contributed by atoms with Gasteiger partial charge in [0.25, 0.3) is 5.91 Å². The van der Waals surface area contributed by atoms with E-state index >= 15 is 0 Å². The zero-order chi connectivity index (χ0) is 16.4. The maximum absolute atomic E-state index is 12.6. The van der Waals surface area contributed by atoms with E-state index in [4.69, 9.17) is 4.74 Å². The van der Waals surface area contributed by atoms with Crippen LogP contribution >= 0.6 is 0 Å². The Hall–Kier alpha value is -1.63. The van der Waals surface area contributed by atoms with Gasteiger partial charge in [-0.3, -0.25) is 14.5 Å². The predicted octanol–water partition coefficient (Wildman–Crippen LogP) is 0.878. The third-order valence-corrected chi connectivity index (χ3v) is 5.19. The Balaban J connectivity index is 1.58. The zero-order valence-electron chi connectivity index (χ0n) is 13.7. The molecule has 0 radical (unpaired) electrons. The van der Waals surface area contributed by atoms with Gasteiger partial charge >= 0.3 is 6.03 Å². The van der Waals surface area contributed by atoms with Crippen LogP contribution in [0.2, 0.25) is 0 Å². The number of amides is 4. The number of morpholine rings is 1. The van der Waals surface area contributed by atoms with Crippen molar-refractivity contribution in [1.82, 2.24) is 15.1 Å². The number of urea groups is 1. The predicted molar refractivity (Wildman–Crippen MR) is 82.7 cm³/mol. The summed E-state index contributed by atoms with van der Waals surface area (Å²) in [5.41, 5.74) is -0.704. The van der Waals surface area contributed by atoms with E-state index in [1.807, 2.05) is 6.92 Å². The minimum absolute atomic E-state index is 0.0222. The Bertz CT molecular complexity index is 502. The van der Waals surface area contributed by atoms with Crippen LogP contribution in [0.5, 0.6) is 0 Å². The summed E-state index contributed by atoms with van der Waals surface area (Å²) in [6.45, 7) is 3.77. The van der Waals surface area contributed by atoms with Crippen molar-refractivity contribution in [3.63, 3.8) is 0 Å². The fourth-order valence-electron chi connectivity index (χ4n) is 3.82. The van der Waals surface area contributed by atoms with Gasteiger partial charge in [0.1, 0.15) is 5.54 Å². The van der Waals surface area contributed by atoms with Crippen molar-refractivity contribution in [1.29, 1.82) is 0 Å². The highest BCUT2D eigenvalue weighted by atomic mass is 16.5. The molecule has 0 unspecified atom stereocenters. The average molecular weight is 323 g/mol. The summed E-state index contributed by atoms with van der Waals surface area (Å²) in [5, 5.41) is 2.87. The largest absolute Gasteiger partial charge is 0.377 e. The lowest BCUT2D eigenvalue weighted by Crippen LogP contribution is -2.49. The molecule has 3 fully saturated rings. The average Bonchev–Trinajstić information content (AvgIpc) is 2.77. The first-order chi connectivity index (χ1) is 11.0. The molecule has 7 heteroatoms. The maximum Gasteiger partial charge on any atom is 0.325 e. The summed E-state index contributed by atoms with van der Waals surface area (Å²) in [6.07, 6.45) is 4.64. The molecule has 128 valence electrons. The van der Waals surface area contributed by atoms with Gasteiger partial charge in [0.2, 0.25) is 5.91 Å². The van der Waals surface area contributed by atoms with E-state index in [0.29, 0.717) is 32.6 Å². The lowest BCUT2D eigenvalue weighted by molar-refractivity contribution is -0.140. The molecule has 2 heterocycles. The molecule has 2 aliphatic heterocycles. The van der Waals surface area contributed by atoms with E-state index in [-0.39, 0.29) is 36.9 Å². The molecule has 7 nitrogen and oxygen atoms in total. The van der Waals surface area contributed by atoms with Crippen molar-refractivity contribution in [3.8, 4) is 0 Å². The maximum atomic E-state index is 12.6. The number of ether oxygens (including phenoxy) is 1. The Morgan fingerprint density at radius 3 is 2.74 bits per heavy atom. The molecular formula is C16H25N3O4. The second kappa shape index (κ2) is 6.47. The van der Waals surface area contributed by atoms with E-state index in [0.717, 1.165) is 19.3 Å². The fraction of sp³-hybridized carbons (Fsp3) is 0.812. The number of nitrogens with zero attached hydrogens (tertiary/aromatic N) is 2. The van der Waals surface area contributed by atoms with Gasteiger partial charge in [-0.2, -0.15) is 0 Å². The molecule has 4 amide bonds. The third kappa shape index (κ3) is 3.06. The Morgan fingerprint density at radius 2 is 2.04 bits per heavy atom. The van der Waals surface area contributed by atoms with Crippen LogP contribution in [0.15, 0.2) is 0 Å². The van der Waals surface area contributed by atoms with Crippen molar-refractivity contribution in [2.45, 2.75) is 57.0 Å². The lowest BCUT2D eigenvalue weighted by atomic mass is 9.82. The molecule has 3 aliphatic rings. The second-order valence-corrected chi connectivity index (χ2v) is 6.79. The van der Waals surface area contributed by atoms with Crippen LogP contribution in [0.3, 0.4) is 0 Å². The van der Waals surface area contributed by atoms with Crippen LogP contribution in [0.25, 0.3) is 0 Å². The number of nitrogens with one attached hydrogen (secondary N) is 1. The summed E-state index contributed by atoms with van der Waals surface area (Å²) >= 11 is 0. The first-order valence-electron chi connectivity index (χ1n) is 8.55. The van der Waals surface area contributed by atoms with Crippen molar-refractivity contribution in [2.75, 3.05) is 26.3 Å². The fourth-order valence-corrected chi connectivity index (χ4v) is 3.82. The van der Waals surface area contributed by atoms with E-state index in [1.165, 1.54) is 4.90 Å². The third-order valence-electron chi connectivity index (χ3n) is 5.19. The van der Waals surface area contributed by atoms with Gasteiger partial charge in [-0.1, -0.05) is 19.3 Å². The molecule has 0 bridgehead atoms. The van der Waals surface area contributed by atoms with Crippen LogP contribution in [-0.2, 0) is 14.3 Å². The SMILES string of the molecule is C[C@H]1COCCN1C(=O)CCN1C(=O)NC2(CCCCC2)C1=O. The standard InChI is InChI=1S/C16H25N3O4/c1-12-11-23-10-9-18(12)13(20)5-8-19-14(21)16(17-15(19)22)6-3-2-4-7-16/h12H,2-11H2,1H3,(H,17,22)/t12-/m0/s1. The first-order valence-corrected chi connectivity index (χ1v) is 8.55. The minimum Gasteiger partial charge on any atom is -0.377 e. The van der Waals surface area contributed by atoms with Crippen LogP contribution in [-0.4, -0.2) is 65.5 Å². The molecule has 23 heavy (non-hydrogen) atoms.